The van der Waals surface area contributed by atoms with Crippen LogP contribution >= 0.6 is 24.0 Å². The van der Waals surface area contributed by atoms with Gasteiger partial charge >= 0.3 is 0 Å². The van der Waals surface area contributed by atoms with E-state index in [-0.39, 0.29) is 24.0 Å². The number of hydrogen-bond acceptors (Lipinski definition) is 5. The van der Waals surface area contributed by atoms with Crippen molar-refractivity contribution >= 4 is 29.9 Å². The number of aliphatic imine (C=N–C) groups is 1. The first-order chi connectivity index (χ1) is 14.7. The fraction of sp³-hybridized carbons (Fsp3) is 0.478. The van der Waals surface area contributed by atoms with Crippen LogP contribution in [0.1, 0.15) is 29.5 Å². The molecule has 1 aromatic heterocycles. The Labute approximate surface area is 202 Å². The number of guanidine groups is 1. The van der Waals surface area contributed by atoms with E-state index in [1.54, 1.807) is 20.4 Å². The van der Waals surface area contributed by atoms with E-state index >= 15 is 0 Å². The standard InChI is InChI=1S/C23H32N4O3.HI/c1-17-4-8-20(21(12-17)30-16-18-5-6-18)15-27-23(24-2)26-14-19-7-9-22(25-13-19)29-11-10-28-3;/h4,7-9,12-13,18H,5-6,10-11,14-16H2,1-3H3,(H2,24,26,27);1H. The average Bonchev–Trinajstić information content (AvgIpc) is 3.59. The fourth-order valence-electron chi connectivity index (χ4n) is 2.85. The molecule has 1 fully saturated rings. The van der Waals surface area contributed by atoms with Gasteiger partial charge in [-0.1, -0.05) is 18.2 Å². The summed E-state index contributed by atoms with van der Waals surface area (Å²) in [6, 6.07) is 10.2. The molecule has 0 bridgehead atoms. The van der Waals surface area contributed by atoms with Crippen molar-refractivity contribution in [3.05, 3.63) is 53.2 Å². The molecule has 0 amide bonds. The van der Waals surface area contributed by atoms with E-state index in [0.29, 0.717) is 32.2 Å². The summed E-state index contributed by atoms with van der Waals surface area (Å²) in [6.45, 7) is 5.18. The molecule has 31 heavy (non-hydrogen) atoms. The number of aromatic nitrogens is 1. The minimum Gasteiger partial charge on any atom is -0.493 e. The molecule has 0 unspecified atom stereocenters. The monoisotopic (exact) mass is 540 g/mol. The summed E-state index contributed by atoms with van der Waals surface area (Å²) in [5.41, 5.74) is 3.37. The van der Waals surface area contributed by atoms with Crippen LogP contribution in [0.3, 0.4) is 0 Å². The summed E-state index contributed by atoms with van der Waals surface area (Å²) >= 11 is 0. The van der Waals surface area contributed by atoms with Gasteiger partial charge in [-0.3, -0.25) is 4.99 Å². The van der Waals surface area contributed by atoms with Crippen LogP contribution in [-0.4, -0.2) is 44.9 Å². The van der Waals surface area contributed by atoms with E-state index in [2.05, 4.69) is 45.7 Å². The van der Waals surface area contributed by atoms with Crippen molar-refractivity contribution in [3.63, 3.8) is 0 Å². The second-order valence-electron chi connectivity index (χ2n) is 7.49. The van der Waals surface area contributed by atoms with E-state index in [1.807, 2.05) is 12.1 Å². The number of methoxy groups -OCH3 is 1. The Morgan fingerprint density at radius 3 is 2.58 bits per heavy atom. The molecule has 170 valence electrons. The average molecular weight is 540 g/mol. The lowest BCUT2D eigenvalue weighted by atomic mass is 10.1. The van der Waals surface area contributed by atoms with Crippen molar-refractivity contribution in [2.45, 2.75) is 32.9 Å². The van der Waals surface area contributed by atoms with Crippen molar-refractivity contribution in [2.75, 3.05) is 34.0 Å². The minimum absolute atomic E-state index is 0. The lowest BCUT2D eigenvalue weighted by Crippen LogP contribution is -2.36. The predicted octanol–water partition coefficient (Wildman–Crippen LogP) is 3.69. The van der Waals surface area contributed by atoms with E-state index in [0.717, 1.165) is 35.4 Å². The number of halogens is 1. The van der Waals surface area contributed by atoms with Crippen LogP contribution < -0.4 is 20.1 Å². The number of nitrogens with zero attached hydrogens (tertiary/aromatic N) is 2. The molecule has 8 heteroatoms. The SMILES string of the molecule is CN=C(NCc1ccc(OCCOC)nc1)NCc1ccc(C)cc1OCC1CC1.I. The van der Waals surface area contributed by atoms with Gasteiger partial charge in [0.05, 0.1) is 13.2 Å². The van der Waals surface area contributed by atoms with Crippen molar-refractivity contribution < 1.29 is 14.2 Å². The number of rotatable bonds is 11. The van der Waals surface area contributed by atoms with Gasteiger partial charge in [0, 0.05) is 45.1 Å². The summed E-state index contributed by atoms with van der Waals surface area (Å²) < 4.78 is 16.5. The highest BCUT2D eigenvalue weighted by molar-refractivity contribution is 14.0. The number of ether oxygens (including phenoxy) is 3. The summed E-state index contributed by atoms with van der Waals surface area (Å²) in [5.74, 6) is 3.00. The quantitative estimate of drug-likeness (QED) is 0.196. The molecule has 0 aliphatic heterocycles. The Hall–Kier alpha value is -2.07. The second kappa shape index (κ2) is 13.4. The van der Waals surface area contributed by atoms with Gasteiger partial charge < -0.3 is 24.8 Å². The number of pyridine rings is 1. The van der Waals surface area contributed by atoms with Crippen molar-refractivity contribution in [3.8, 4) is 11.6 Å². The van der Waals surface area contributed by atoms with Crippen LogP contribution in [0, 0.1) is 12.8 Å². The van der Waals surface area contributed by atoms with Gasteiger partial charge in [0.1, 0.15) is 12.4 Å². The van der Waals surface area contributed by atoms with Crippen molar-refractivity contribution in [1.82, 2.24) is 15.6 Å². The molecular weight excluding hydrogens is 507 g/mol. The van der Waals surface area contributed by atoms with Gasteiger partial charge in [-0.25, -0.2) is 4.98 Å². The van der Waals surface area contributed by atoms with Gasteiger partial charge in [0.15, 0.2) is 5.96 Å². The molecule has 0 atom stereocenters. The fourth-order valence-corrected chi connectivity index (χ4v) is 2.85. The molecule has 1 aliphatic carbocycles. The Morgan fingerprint density at radius 1 is 1.10 bits per heavy atom. The summed E-state index contributed by atoms with van der Waals surface area (Å²) in [6.07, 6.45) is 4.36. The zero-order valence-corrected chi connectivity index (χ0v) is 20.8. The maximum Gasteiger partial charge on any atom is 0.213 e. The van der Waals surface area contributed by atoms with Gasteiger partial charge in [0.2, 0.25) is 5.88 Å². The largest absolute Gasteiger partial charge is 0.493 e. The van der Waals surface area contributed by atoms with Gasteiger partial charge in [-0.2, -0.15) is 0 Å². The van der Waals surface area contributed by atoms with Crippen LogP contribution in [-0.2, 0) is 17.8 Å². The molecule has 1 aliphatic rings. The van der Waals surface area contributed by atoms with Crippen LogP contribution in [0.15, 0.2) is 41.5 Å². The minimum atomic E-state index is 0. The molecule has 1 saturated carbocycles. The normalized spacial score (nSPS) is 13.3. The molecule has 2 aromatic rings. The van der Waals surface area contributed by atoms with Crippen molar-refractivity contribution in [2.24, 2.45) is 10.9 Å². The molecule has 0 radical (unpaired) electrons. The van der Waals surface area contributed by atoms with Crippen LogP contribution in [0.4, 0.5) is 0 Å². The molecular formula is C23H33IN4O3. The Kier molecular flexibility index (Phi) is 10.9. The Morgan fingerprint density at radius 2 is 1.90 bits per heavy atom. The van der Waals surface area contributed by atoms with E-state index < -0.39 is 0 Å². The third-order valence-corrected chi connectivity index (χ3v) is 4.86. The zero-order valence-electron chi connectivity index (χ0n) is 18.5. The highest BCUT2D eigenvalue weighted by Gasteiger charge is 2.22. The zero-order chi connectivity index (χ0) is 21.2. The second-order valence-corrected chi connectivity index (χ2v) is 7.49. The third-order valence-electron chi connectivity index (χ3n) is 4.86. The molecule has 0 spiro atoms. The van der Waals surface area contributed by atoms with Crippen molar-refractivity contribution in [1.29, 1.82) is 0 Å². The van der Waals surface area contributed by atoms with E-state index in [1.165, 1.54) is 18.4 Å². The van der Waals surface area contributed by atoms with Gasteiger partial charge in [-0.15, -0.1) is 24.0 Å². The van der Waals surface area contributed by atoms with Crippen LogP contribution in [0.2, 0.25) is 0 Å². The third kappa shape index (κ3) is 8.90. The summed E-state index contributed by atoms with van der Waals surface area (Å²) in [4.78, 5) is 8.62. The lowest BCUT2D eigenvalue weighted by molar-refractivity contribution is 0.143. The first-order valence-corrected chi connectivity index (χ1v) is 10.4. The number of aryl methyl sites for hydroxylation is 1. The molecule has 1 heterocycles. The lowest BCUT2D eigenvalue weighted by Gasteiger charge is -2.15. The number of hydrogen-bond donors (Lipinski definition) is 2. The summed E-state index contributed by atoms with van der Waals surface area (Å²) in [5, 5.41) is 6.68. The van der Waals surface area contributed by atoms with Crippen LogP contribution in [0.25, 0.3) is 0 Å². The maximum absolute atomic E-state index is 6.06. The highest BCUT2D eigenvalue weighted by Crippen LogP contribution is 2.30. The molecule has 3 rings (SSSR count). The first kappa shape index (κ1) is 25.2. The summed E-state index contributed by atoms with van der Waals surface area (Å²) in [7, 11) is 3.41. The van der Waals surface area contributed by atoms with Gasteiger partial charge in [-0.05, 0) is 42.9 Å². The molecule has 2 N–H and O–H groups in total. The maximum atomic E-state index is 6.06. The predicted molar refractivity (Wildman–Crippen MR) is 133 cm³/mol. The Bertz CT molecular complexity index is 826. The van der Waals surface area contributed by atoms with Crippen LogP contribution in [0.5, 0.6) is 11.6 Å². The van der Waals surface area contributed by atoms with E-state index in [4.69, 9.17) is 14.2 Å². The van der Waals surface area contributed by atoms with Gasteiger partial charge in [0.25, 0.3) is 0 Å². The topological polar surface area (TPSA) is 77.0 Å². The first-order valence-electron chi connectivity index (χ1n) is 10.4. The molecule has 0 saturated heterocycles. The molecule has 7 nitrogen and oxygen atoms in total. The number of nitrogens with one attached hydrogen (secondary N) is 2. The smallest absolute Gasteiger partial charge is 0.213 e. The molecule has 1 aromatic carbocycles. The Balaban J connectivity index is 0.00000341. The highest BCUT2D eigenvalue weighted by atomic mass is 127. The van der Waals surface area contributed by atoms with E-state index in [9.17, 15) is 0 Å². The number of benzene rings is 1.